The molecule has 0 radical (unpaired) electrons. The average molecular weight is 245 g/mol. The first-order valence-electron chi connectivity index (χ1n) is 5.17. The highest BCUT2D eigenvalue weighted by Crippen LogP contribution is 2.34. The first kappa shape index (κ1) is 13.4. The fourth-order valence-corrected chi connectivity index (χ4v) is 1.36. The minimum absolute atomic E-state index is 0.427. The van der Waals surface area contributed by atoms with Gasteiger partial charge in [0.2, 0.25) is 11.8 Å². The molecule has 5 nitrogen and oxygen atoms in total. The summed E-state index contributed by atoms with van der Waals surface area (Å²) in [7, 11) is 0. The molecule has 0 aromatic heterocycles. The largest absolute Gasteiger partial charge is 0.369 e. The maximum Gasteiger partial charge on any atom is 0.257 e. The lowest BCUT2D eigenvalue weighted by Crippen LogP contribution is -2.36. The number of halogens is 2. The first-order chi connectivity index (χ1) is 7.79. The van der Waals surface area contributed by atoms with Gasteiger partial charge in [0, 0.05) is 12.8 Å². The van der Waals surface area contributed by atoms with Gasteiger partial charge in [-0.3, -0.25) is 9.59 Å². The van der Waals surface area contributed by atoms with E-state index < -0.39 is 42.5 Å². The molecule has 1 aliphatic rings. The number of amides is 2. The van der Waals surface area contributed by atoms with E-state index in [0.717, 1.165) is 0 Å². The Morgan fingerprint density at radius 3 is 2.47 bits per heavy atom. The number of nitrogens with one attached hydrogen (secondary N) is 1. The predicted octanol–water partition coefficient (Wildman–Crippen LogP) is 0.450. The topological polar surface area (TPSA) is 96.0 Å². The van der Waals surface area contributed by atoms with Gasteiger partial charge >= 0.3 is 0 Å². The summed E-state index contributed by atoms with van der Waals surface area (Å²) < 4.78 is 26.0. The molecular weight excluding hydrogens is 232 g/mol. The second kappa shape index (κ2) is 4.65. The minimum Gasteiger partial charge on any atom is -0.369 e. The number of hydrogen-bond donors (Lipinski definition) is 2. The van der Waals surface area contributed by atoms with Crippen molar-refractivity contribution < 1.29 is 18.4 Å². The van der Waals surface area contributed by atoms with Gasteiger partial charge in [-0.2, -0.15) is 5.26 Å². The third kappa shape index (κ3) is 4.34. The van der Waals surface area contributed by atoms with E-state index in [1.165, 1.54) is 0 Å². The van der Waals surface area contributed by atoms with Gasteiger partial charge < -0.3 is 11.1 Å². The van der Waals surface area contributed by atoms with Crippen LogP contribution < -0.4 is 11.1 Å². The van der Waals surface area contributed by atoms with Crippen LogP contribution in [0.5, 0.6) is 0 Å². The number of alkyl halides is 2. The number of primary amides is 1. The van der Waals surface area contributed by atoms with E-state index >= 15 is 0 Å². The van der Waals surface area contributed by atoms with Gasteiger partial charge in [0.15, 0.2) is 0 Å². The number of hydrogen-bond acceptors (Lipinski definition) is 3. The average Bonchev–Trinajstić information content (AvgIpc) is 2.94. The predicted molar refractivity (Wildman–Crippen MR) is 53.7 cm³/mol. The van der Waals surface area contributed by atoms with Crippen molar-refractivity contribution in [1.29, 1.82) is 5.26 Å². The molecule has 2 amide bonds. The Bertz CT molecular complexity index is 372. The van der Waals surface area contributed by atoms with Crippen molar-refractivity contribution in [2.75, 3.05) is 0 Å². The second-order valence-corrected chi connectivity index (χ2v) is 4.24. The lowest BCUT2D eigenvalue weighted by atomic mass is 10.1. The molecule has 0 heterocycles. The lowest BCUT2D eigenvalue weighted by Gasteiger charge is -2.15. The molecule has 0 bridgehead atoms. The van der Waals surface area contributed by atoms with Crippen LogP contribution in [0.4, 0.5) is 8.78 Å². The van der Waals surface area contributed by atoms with E-state index in [4.69, 9.17) is 5.26 Å². The van der Waals surface area contributed by atoms with E-state index in [2.05, 4.69) is 11.1 Å². The molecule has 1 saturated carbocycles. The zero-order valence-electron chi connectivity index (χ0n) is 9.13. The second-order valence-electron chi connectivity index (χ2n) is 4.24. The zero-order chi connectivity index (χ0) is 13.1. The number of nitrogens with zero attached hydrogens (tertiary/aromatic N) is 1. The molecule has 94 valence electrons. The van der Waals surface area contributed by atoms with E-state index in [9.17, 15) is 18.4 Å². The van der Waals surface area contributed by atoms with Crippen LogP contribution in [0.1, 0.15) is 32.1 Å². The molecule has 17 heavy (non-hydrogen) atoms. The summed E-state index contributed by atoms with van der Waals surface area (Å²) in [4.78, 5) is 21.6. The first-order valence-corrected chi connectivity index (χ1v) is 5.17. The highest BCUT2D eigenvalue weighted by molar-refractivity contribution is 5.78. The Hall–Kier alpha value is -1.71. The Morgan fingerprint density at radius 1 is 1.47 bits per heavy atom. The van der Waals surface area contributed by atoms with Crippen molar-refractivity contribution >= 4 is 11.8 Å². The Balaban J connectivity index is 2.33. The van der Waals surface area contributed by atoms with Crippen LogP contribution >= 0.6 is 0 Å². The van der Waals surface area contributed by atoms with E-state index in [0.29, 0.717) is 12.8 Å². The molecule has 0 aliphatic heterocycles. The van der Waals surface area contributed by atoms with Gasteiger partial charge in [-0.25, -0.2) is 8.78 Å². The summed E-state index contributed by atoms with van der Waals surface area (Å²) >= 11 is 0. The minimum atomic E-state index is -3.27. The Kier molecular flexibility index (Phi) is 3.66. The third-order valence-corrected chi connectivity index (χ3v) is 2.49. The van der Waals surface area contributed by atoms with Crippen LogP contribution in [0, 0.1) is 11.3 Å². The number of nitriles is 1. The quantitative estimate of drug-likeness (QED) is 0.711. The number of carbonyl (C=O) groups is 2. The number of carbonyl (C=O) groups excluding carboxylic acids is 2. The Morgan fingerprint density at radius 2 is 2.06 bits per heavy atom. The highest BCUT2D eigenvalue weighted by atomic mass is 19.3. The standard InChI is InChI=1S/C10H13F2N3O2/c11-10(12,5-7(14)16)2-1-8(17)15-9(6-13)3-4-9/h1-5H2,(H2,14,16)(H,15,17). The summed E-state index contributed by atoms with van der Waals surface area (Å²) in [5.41, 5.74) is 3.80. The van der Waals surface area contributed by atoms with Crippen LogP contribution in [-0.4, -0.2) is 23.3 Å². The molecular formula is C10H13F2N3O2. The Labute approximate surface area is 97.0 Å². The fraction of sp³-hybridized carbons (Fsp3) is 0.700. The van der Waals surface area contributed by atoms with Gasteiger partial charge in [-0.05, 0) is 12.8 Å². The zero-order valence-corrected chi connectivity index (χ0v) is 9.13. The molecule has 0 unspecified atom stereocenters. The van der Waals surface area contributed by atoms with Crippen molar-refractivity contribution in [3.05, 3.63) is 0 Å². The molecule has 0 atom stereocenters. The molecule has 7 heteroatoms. The summed E-state index contributed by atoms with van der Waals surface area (Å²) in [6.45, 7) is 0. The van der Waals surface area contributed by atoms with Crippen molar-refractivity contribution in [3.63, 3.8) is 0 Å². The van der Waals surface area contributed by atoms with Crippen LogP contribution in [0.3, 0.4) is 0 Å². The normalized spacial score (nSPS) is 17.0. The molecule has 1 fully saturated rings. The fourth-order valence-electron chi connectivity index (χ4n) is 1.36. The maximum absolute atomic E-state index is 13.0. The number of rotatable bonds is 6. The van der Waals surface area contributed by atoms with Gasteiger partial charge in [0.1, 0.15) is 5.54 Å². The monoisotopic (exact) mass is 245 g/mol. The maximum atomic E-state index is 13.0. The molecule has 3 N–H and O–H groups in total. The van der Waals surface area contributed by atoms with E-state index in [-0.39, 0.29) is 0 Å². The lowest BCUT2D eigenvalue weighted by molar-refractivity contribution is -0.129. The van der Waals surface area contributed by atoms with Crippen molar-refractivity contribution in [2.45, 2.75) is 43.6 Å². The molecule has 0 aromatic carbocycles. The molecule has 0 saturated heterocycles. The van der Waals surface area contributed by atoms with E-state index in [1.807, 2.05) is 6.07 Å². The van der Waals surface area contributed by atoms with Gasteiger partial charge in [0.25, 0.3) is 5.92 Å². The number of nitrogens with two attached hydrogens (primary N) is 1. The molecule has 1 rings (SSSR count). The molecule has 0 aromatic rings. The van der Waals surface area contributed by atoms with Gasteiger partial charge in [-0.1, -0.05) is 0 Å². The van der Waals surface area contributed by atoms with Crippen molar-refractivity contribution in [2.24, 2.45) is 5.73 Å². The summed E-state index contributed by atoms with van der Waals surface area (Å²) in [5, 5.41) is 11.1. The van der Waals surface area contributed by atoms with Crippen molar-refractivity contribution in [1.82, 2.24) is 5.32 Å². The molecule has 0 spiro atoms. The van der Waals surface area contributed by atoms with E-state index in [1.54, 1.807) is 0 Å². The van der Waals surface area contributed by atoms with Crippen LogP contribution in [0.15, 0.2) is 0 Å². The van der Waals surface area contributed by atoms with Crippen LogP contribution in [-0.2, 0) is 9.59 Å². The van der Waals surface area contributed by atoms with Gasteiger partial charge in [-0.15, -0.1) is 0 Å². The summed E-state index contributed by atoms with van der Waals surface area (Å²) in [6, 6.07) is 1.92. The van der Waals surface area contributed by atoms with Crippen molar-refractivity contribution in [3.8, 4) is 6.07 Å². The van der Waals surface area contributed by atoms with Crippen LogP contribution in [0.2, 0.25) is 0 Å². The highest BCUT2D eigenvalue weighted by Gasteiger charge is 2.44. The van der Waals surface area contributed by atoms with Gasteiger partial charge in [0.05, 0.1) is 12.5 Å². The third-order valence-electron chi connectivity index (χ3n) is 2.49. The SMILES string of the molecule is N#CC1(NC(=O)CCC(F)(F)CC(N)=O)CC1. The smallest absolute Gasteiger partial charge is 0.257 e. The van der Waals surface area contributed by atoms with Crippen LogP contribution in [0.25, 0.3) is 0 Å². The molecule has 1 aliphatic carbocycles. The summed E-state index contributed by atoms with van der Waals surface area (Å²) in [6.07, 6.45) is -1.14. The summed E-state index contributed by atoms with van der Waals surface area (Å²) in [5.74, 6) is -4.98.